The van der Waals surface area contributed by atoms with Gasteiger partial charge in [0.2, 0.25) is 5.91 Å². The minimum Gasteiger partial charge on any atom is -0.497 e. The van der Waals surface area contributed by atoms with Crippen LogP contribution in [0.2, 0.25) is 0 Å². The van der Waals surface area contributed by atoms with Crippen molar-refractivity contribution in [2.75, 3.05) is 21.3 Å². The first-order valence-corrected chi connectivity index (χ1v) is 9.25. The maximum Gasteiger partial charge on any atom is 0.267 e. The number of nitrogens with zero attached hydrogens (tertiary/aromatic N) is 2. The van der Waals surface area contributed by atoms with Crippen molar-refractivity contribution in [1.29, 1.82) is 0 Å². The first-order chi connectivity index (χ1) is 14.5. The number of hydrogen-bond acceptors (Lipinski definition) is 6. The van der Waals surface area contributed by atoms with Crippen LogP contribution in [0, 0.1) is 0 Å². The molecule has 0 aliphatic heterocycles. The van der Waals surface area contributed by atoms with Crippen LogP contribution in [0.25, 0.3) is 11.3 Å². The largest absolute Gasteiger partial charge is 0.497 e. The Morgan fingerprint density at radius 2 is 1.73 bits per heavy atom. The smallest absolute Gasteiger partial charge is 0.267 e. The summed E-state index contributed by atoms with van der Waals surface area (Å²) in [4.78, 5) is 24.6. The summed E-state index contributed by atoms with van der Waals surface area (Å²) in [7, 11) is 4.68. The van der Waals surface area contributed by atoms with Crippen molar-refractivity contribution in [3.63, 3.8) is 0 Å². The number of amides is 1. The molecule has 0 bridgehead atoms. The zero-order chi connectivity index (χ0) is 21.5. The van der Waals surface area contributed by atoms with Gasteiger partial charge in [0.25, 0.3) is 5.56 Å². The van der Waals surface area contributed by atoms with E-state index in [1.165, 1.54) is 6.07 Å². The van der Waals surface area contributed by atoms with Gasteiger partial charge >= 0.3 is 0 Å². The lowest BCUT2D eigenvalue weighted by molar-refractivity contribution is -0.122. The molecule has 30 heavy (non-hydrogen) atoms. The standard InChI is InChI=1S/C22H23N3O5/c1-28-16-8-9-17(20(12-16)30-3)18-10-11-22(27)25(24-18)14-21(26)23-13-15-6-4-5-7-19(15)29-2/h4-12H,13-14H2,1-3H3,(H,23,26). The van der Waals surface area contributed by atoms with Crippen molar-refractivity contribution in [3.8, 4) is 28.5 Å². The SMILES string of the molecule is COc1ccc(-c2ccc(=O)n(CC(=O)NCc3ccccc3OC)n2)c(OC)c1. The van der Waals surface area contributed by atoms with E-state index in [1.807, 2.05) is 24.3 Å². The summed E-state index contributed by atoms with van der Waals surface area (Å²) in [6.07, 6.45) is 0. The third-order valence-electron chi connectivity index (χ3n) is 4.51. The van der Waals surface area contributed by atoms with E-state index in [1.54, 1.807) is 45.6 Å². The number of ether oxygens (including phenoxy) is 3. The normalized spacial score (nSPS) is 10.4. The van der Waals surface area contributed by atoms with Crippen LogP contribution in [-0.4, -0.2) is 37.0 Å². The highest BCUT2D eigenvalue weighted by Gasteiger charge is 2.13. The van der Waals surface area contributed by atoms with Gasteiger partial charge in [-0.3, -0.25) is 9.59 Å². The van der Waals surface area contributed by atoms with Crippen molar-refractivity contribution < 1.29 is 19.0 Å². The van der Waals surface area contributed by atoms with Crippen LogP contribution in [0.1, 0.15) is 5.56 Å². The van der Waals surface area contributed by atoms with E-state index in [4.69, 9.17) is 14.2 Å². The fourth-order valence-corrected chi connectivity index (χ4v) is 2.95. The number of nitrogens with one attached hydrogen (secondary N) is 1. The lowest BCUT2D eigenvalue weighted by atomic mass is 10.1. The highest BCUT2D eigenvalue weighted by molar-refractivity contribution is 5.76. The molecule has 8 nitrogen and oxygen atoms in total. The summed E-state index contributed by atoms with van der Waals surface area (Å²) < 4.78 is 17.0. The molecule has 0 saturated heterocycles. The molecule has 3 aromatic rings. The first kappa shape index (κ1) is 20.9. The van der Waals surface area contributed by atoms with Gasteiger partial charge in [-0.05, 0) is 24.3 Å². The molecule has 156 valence electrons. The second-order valence-corrected chi connectivity index (χ2v) is 6.37. The molecule has 1 N–H and O–H groups in total. The molecule has 0 fully saturated rings. The fraction of sp³-hybridized carbons (Fsp3) is 0.227. The average Bonchev–Trinajstić information content (AvgIpc) is 2.78. The molecule has 1 heterocycles. The number of hydrogen-bond donors (Lipinski definition) is 1. The molecule has 0 spiro atoms. The third kappa shape index (κ3) is 4.78. The van der Waals surface area contributed by atoms with E-state index in [9.17, 15) is 9.59 Å². The second-order valence-electron chi connectivity index (χ2n) is 6.37. The Bertz CT molecular complexity index is 1090. The van der Waals surface area contributed by atoms with Crippen molar-refractivity contribution in [2.45, 2.75) is 13.1 Å². The predicted octanol–water partition coefficient (Wildman–Crippen LogP) is 2.25. The molecule has 0 atom stereocenters. The number of methoxy groups -OCH3 is 3. The quantitative estimate of drug-likeness (QED) is 0.614. The Labute approximate surface area is 174 Å². The molecular weight excluding hydrogens is 386 g/mol. The Balaban J connectivity index is 1.77. The minimum atomic E-state index is -0.376. The van der Waals surface area contributed by atoms with Gasteiger partial charge < -0.3 is 19.5 Å². The van der Waals surface area contributed by atoms with Crippen molar-refractivity contribution in [2.24, 2.45) is 0 Å². The van der Waals surface area contributed by atoms with Gasteiger partial charge in [-0.2, -0.15) is 5.10 Å². The Morgan fingerprint density at radius 1 is 0.967 bits per heavy atom. The van der Waals surface area contributed by atoms with Crippen molar-refractivity contribution >= 4 is 5.91 Å². The summed E-state index contributed by atoms with van der Waals surface area (Å²) in [5, 5.41) is 7.12. The highest BCUT2D eigenvalue weighted by atomic mass is 16.5. The summed E-state index contributed by atoms with van der Waals surface area (Å²) in [6.45, 7) is 0.0733. The number of carbonyl (C=O) groups excluding carboxylic acids is 1. The minimum absolute atomic E-state index is 0.208. The number of aromatic nitrogens is 2. The number of carbonyl (C=O) groups is 1. The number of rotatable bonds is 8. The lowest BCUT2D eigenvalue weighted by Gasteiger charge is -2.12. The van der Waals surface area contributed by atoms with Crippen molar-refractivity contribution in [3.05, 3.63) is 70.5 Å². The van der Waals surface area contributed by atoms with Gasteiger partial charge in [0, 0.05) is 29.8 Å². The fourth-order valence-electron chi connectivity index (χ4n) is 2.95. The van der Waals surface area contributed by atoms with Crippen LogP contribution in [0.4, 0.5) is 0 Å². The Hall–Kier alpha value is -3.81. The predicted molar refractivity (Wildman–Crippen MR) is 112 cm³/mol. The molecule has 1 aromatic heterocycles. The summed E-state index contributed by atoms with van der Waals surface area (Å²) in [6, 6.07) is 15.7. The third-order valence-corrected chi connectivity index (χ3v) is 4.51. The van der Waals surface area contributed by atoms with Gasteiger partial charge in [-0.25, -0.2) is 4.68 Å². The first-order valence-electron chi connectivity index (χ1n) is 9.25. The summed E-state index contributed by atoms with van der Waals surface area (Å²) >= 11 is 0. The van der Waals surface area contributed by atoms with E-state index in [-0.39, 0.29) is 24.6 Å². The van der Waals surface area contributed by atoms with Crippen LogP contribution >= 0.6 is 0 Å². The second kappa shape index (κ2) is 9.60. The lowest BCUT2D eigenvalue weighted by Crippen LogP contribution is -2.33. The van der Waals surface area contributed by atoms with Crippen molar-refractivity contribution in [1.82, 2.24) is 15.1 Å². The van der Waals surface area contributed by atoms with E-state index < -0.39 is 0 Å². The Morgan fingerprint density at radius 3 is 2.47 bits per heavy atom. The molecule has 0 aliphatic carbocycles. The van der Waals surface area contributed by atoms with Crippen LogP contribution in [-0.2, 0) is 17.9 Å². The van der Waals surface area contributed by atoms with E-state index >= 15 is 0 Å². The van der Waals surface area contributed by atoms with E-state index in [0.717, 1.165) is 10.2 Å². The van der Waals surface area contributed by atoms with E-state index in [2.05, 4.69) is 10.4 Å². The average molecular weight is 409 g/mol. The number of benzene rings is 2. The highest BCUT2D eigenvalue weighted by Crippen LogP contribution is 2.31. The molecule has 1 amide bonds. The van der Waals surface area contributed by atoms with Gasteiger partial charge in [0.15, 0.2) is 0 Å². The molecule has 0 unspecified atom stereocenters. The zero-order valence-electron chi connectivity index (χ0n) is 17.0. The molecule has 2 aromatic carbocycles. The van der Waals surface area contributed by atoms with Crippen LogP contribution in [0.3, 0.4) is 0 Å². The van der Waals surface area contributed by atoms with Crippen LogP contribution in [0.5, 0.6) is 17.2 Å². The topological polar surface area (TPSA) is 91.7 Å². The molecular formula is C22H23N3O5. The Kier molecular flexibility index (Phi) is 6.69. The van der Waals surface area contributed by atoms with Gasteiger partial charge in [-0.15, -0.1) is 0 Å². The van der Waals surface area contributed by atoms with Crippen LogP contribution in [0.15, 0.2) is 59.4 Å². The molecule has 0 aliphatic rings. The maximum atomic E-state index is 12.4. The van der Waals surface area contributed by atoms with E-state index in [0.29, 0.717) is 28.5 Å². The molecule has 8 heteroatoms. The zero-order valence-corrected chi connectivity index (χ0v) is 17.0. The monoisotopic (exact) mass is 409 g/mol. The molecule has 0 radical (unpaired) electrons. The summed E-state index contributed by atoms with van der Waals surface area (Å²) in [5.74, 6) is 1.53. The van der Waals surface area contributed by atoms with Gasteiger partial charge in [0.05, 0.1) is 27.0 Å². The molecule has 3 rings (SSSR count). The maximum absolute atomic E-state index is 12.4. The summed E-state index contributed by atoms with van der Waals surface area (Å²) in [5.41, 5.74) is 1.65. The van der Waals surface area contributed by atoms with Gasteiger partial charge in [-0.1, -0.05) is 18.2 Å². The van der Waals surface area contributed by atoms with Crippen LogP contribution < -0.4 is 25.1 Å². The number of para-hydroxylation sites is 1. The van der Waals surface area contributed by atoms with Gasteiger partial charge in [0.1, 0.15) is 23.8 Å². The molecule has 0 saturated carbocycles.